The molecule has 3 aromatic rings. The van der Waals surface area contributed by atoms with Crippen LogP contribution in [0.2, 0.25) is 0 Å². The lowest BCUT2D eigenvalue weighted by Gasteiger charge is -2.33. The number of carbonyl (C=O) groups excluding carboxylic acids is 2. The normalized spacial score (nSPS) is 15.1. The maximum atomic E-state index is 13.0. The number of hydrogen-bond donors (Lipinski definition) is 0. The molecule has 0 saturated heterocycles. The van der Waals surface area contributed by atoms with Crippen molar-refractivity contribution in [2.45, 2.75) is 25.8 Å². The zero-order valence-electron chi connectivity index (χ0n) is 17.4. The summed E-state index contributed by atoms with van der Waals surface area (Å²) in [5.41, 5.74) is 3.32. The molecule has 2 amide bonds. The molecule has 1 unspecified atom stereocenters. The highest BCUT2D eigenvalue weighted by molar-refractivity contribution is 5.86. The van der Waals surface area contributed by atoms with Crippen LogP contribution in [0.5, 0.6) is 0 Å². The van der Waals surface area contributed by atoms with E-state index < -0.39 is 0 Å². The molecule has 0 fully saturated rings. The van der Waals surface area contributed by atoms with Crippen molar-refractivity contribution in [1.29, 1.82) is 0 Å². The van der Waals surface area contributed by atoms with Gasteiger partial charge in [-0.3, -0.25) is 9.59 Å². The summed E-state index contributed by atoms with van der Waals surface area (Å²) in [5.74, 6) is -0.0199. The van der Waals surface area contributed by atoms with E-state index in [9.17, 15) is 9.59 Å². The average molecular weight is 399 g/mol. The molecule has 0 N–H and O–H groups in total. The number of nitrogens with zero attached hydrogens (tertiary/aromatic N) is 2. The minimum Gasteiger partial charge on any atom is -0.345 e. The van der Waals surface area contributed by atoms with Gasteiger partial charge >= 0.3 is 0 Å². The fourth-order valence-electron chi connectivity index (χ4n) is 4.16. The van der Waals surface area contributed by atoms with Gasteiger partial charge in [0, 0.05) is 26.7 Å². The van der Waals surface area contributed by atoms with Gasteiger partial charge in [-0.2, -0.15) is 0 Å². The van der Waals surface area contributed by atoms with Gasteiger partial charge < -0.3 is 9.80 Å². The number of likely N-dealkylation sites (N-methyl/N-ethyl adjacent to an activating group) is 1. The molecule has 0 spiro atoms. The molecule has 4 nitrogen and oxygen atoms in total. The first kappa shape index (κ1) is 19.9. The first-order valence-corrected chi connectivity index (χ1v) is 10.3. The van der Waals surface area contributed by atoms with Gasteiger partial charge in [-0.15, -0.1) is 0 Å². The van der Waals surface area contributed by atoms with Crippen molar-refractivity contribution in [3.63, 3.8) is 0 Å². The summed E-state index contributed by atoms with van der Waals surface area (Å²) in [5, 5.41) is 2.45. The van der Waals surface area contributed by atoms with E-state index in [4.69, 9.17) is 0 Å². The SMILES string of the molecule is CC(=O)N1C=Cc2ccccc2C1CC(=O)N(C)CCc1cccc2ccccc12. The molecule has 4 rings (SSSR count). The highest BCUT2D eigenvalue weighted by atomic mass is 16.2. The van der Waals surface area contributed by atoms with E-state index in [0.717, 1.165) is 17.5 Å². The lowest BCUT2D eigenvalue weighted by molar-refractivity contribution is -0.133. The summed E-state index contributed by atoms with van der Waals surface area (Å²) in [4.78, 5) is 28.6. The maximum Gasteiger partial charge on any atom is 0.224 e. The fourth-order valence-corrected chi connectivity index (χ4v) is 4.16. The first-order valence-electron chi connectivity index (χ1n) is 10.3. The third-order valence-electron chi connectivity index (χ3n) is 5.86. The van der Waals surface area contributed by atoms with Crippen molar-refractivity contribution in [3.05, 3.63) is 89.6 Å². The summed E-state index contributed by atoms with van der Waals surface area (Å²) < 4.78 is 0. The molecule has 0 aliphatic carbocycles. The third-order valence-corrected chi connectivity index (χ3v) is 5.86. The minimum absolute atomic E-state index is 0.0385. The zero-order valence-corrected chi connectivity index (χ0v) is 17.4. The monoisotopic (exact) mass is 398 g/mol. The van der Waals surface area contributed by atoms with Crippen LogP contribution in [0, 0.1) is 0 Å². The van der Waals surface area contributed by atoms with Crippen molar-refractivity contribution in [3.8, 4) is 0 Å². The van der Waals surface area contributed by atoms with Crippen LogP contribution in [0.25, 0.3) is 16.8 Å². The molecule has 4 heteroatoms. The van der Waals surface area contributed by atoms with Crippen LogP contribution in [-0.2, 0) is 16.0 Å². The molecule has 3 aromatic carbocycles. The van der Waals surface area contributed by atoms with Gasteiger partial charge in [-0.05, 0) is 40.0 Å². The molecule has 1 aliphatic heterocycles. The Kier molecular flexibility index (Phi) is 5.66. The van der Waals surface area contributed by atoms with Crippen molar-refractivity contribution >= 4 is 28.7 Å². The van der Waals surface area contributed by atoms with Crippen LogP contribution in [0.4, 0.5) is 0 Å². The Morgan fingerprint density at radius 1 is 0.967 bits per heavy atom. The fraction of sp³-hybridized carbons (Fsp3) is 0.231. The van der Waals surface area contributed by atoms with Gasteiger partial charge in [0.15, 0.2) is 0 Å². The van der Waals surface area contributed by atoms with Gasteiger partial charge in [0.05, 0.1) is 12.5 Å². The Hall–Kier alpha value is -3.40. The highest BCUT2D eigenvalue weighted by Crippen LogP contribution is 2.33. The van der Waals surface area contributed by atoms with Crippen LogP contribution < -0.4 is 0 Å². The van der Waals surface area contributed by atoms with E-state index in [-0.39, 0.29) is 24.3 Å². The lowest BCUT2D eigenvalue weighted by Crippen LogP contribution is -2.36. The molecule has 0 saturated carbocycles. The molecular formula is C26H26N2O2. The van der Waals surface area contributed by atoms with E-state index in [0.29, 0.717) is 6.54 Å². The molecule has 1 atom stereocenters. The van der Waals surface area contributed by atoms with Crippen LogP contribution in [0.3, 0.4) is 0 Å². The molecule has 1 heterocycles. The van der Waals surface area contributed by atoms with Crippen LogP contribution in [0.15, 0.2) is 72.9 Å². The molecule has 0 aromatic heterocycles. The van der Waals surface area contributed by atoms with Crippen LogP contribution in [-0.4, -0.2) is 35.2 Å². The van der Waals surface area contributed by atoms with Crippen molar-refractivity contribution in [1.82, 2.24) is 9.80 Å². The smallest absolute Gasteiger partial charge is 0.224 e. The van der Waals surface area contributed by atoms with Gasteiger partial charge in [-0.25, -0.2) is 0 Å². The van der Waals surface area contributed by atoms with Crippen LogP contribution in [0.1, 0.15) is 36.1 Å². The molecular weight excluding hydrogens is 372 g/mol. The Morgan fingerprint density at radius 2 is 1.70 bits per heavy atom. The summed E-state index contributed by atoms with van der Waals surface area (Å²) >= 11 is 0. The Labute approximate surface area is 177 Å². The first-order chi connectivity index (χ1) is 14.5. The van der Waals surface area contributed by atoms with Gasteiger partial charge in [-0.1, -0.05) is 66.7 Å². The van der Waals surface area contributed by atoms with Crippen LogP contribution >= 0.6 is 0 Å². The predicted molar refractivity (Wildman–Crippen MR) is 121 cm³/mol. The van der Waals surface area contributed by atoms with E-state index in [2.05, 4.69) is 30.3 Å². The summed E-state index contributed by atoms with van der Waals surface area (Å²) in [6, 6.07) is 22.3. The lowest BCUT2D eigenvalue weighted by atomic mass is 9.93. The van der Waals surface area contributed by atoms with E-state index in [1.165, 1.54) is 16.3 Å². The largest absolute Gasteiger partial charge is 0.345 e. The molecule has 0 bridgehead atoms. The van der Waals surface area contributed by atoms with Gasteiger partial charge in [0.2, 0.25) is 11.8 Å². The second-order valence-electron chi connectivity index (χ2n) is 7.79. The second kappa shape index (κ2) is 8.54. The Morgan fingerprint density at radius 3 is 2.53 bits per heavy atom. The van der Waals surface area contributed by atoms with Gasteiger partial charge in [0.1, 0.15) is 0 Å². The van der Waals surface area contributed by atoms with Crippen molar-refractivity contribution < 1.29 is 9.59 Å². The number of carbonyl (C=O) groups is 2. The van der Waals surface area contributed by atoms with Gasteiger partial charge in [0.25, 0.3) is 0 Å². The summed E-state index contributed by atoms with van der Waals surface area (Å²) in [7, 11) is 1.84. The second-order valence-corrected chi connectivity index (χ2v) is 7.79. The Bertz CT molecular complexity index is 1110. The van der Waals surface area contributed by atoms with Crippen molar-refractivity contribution in [2.75, 3.05) is 13.6 Å². The molecule has 152 valence electrons. The van der Waals surface area contributed by atoms with Crippen molar-refractivity contribution in [2.24, 2.45) is 0 Å². The minimum atomic E-state index is -0.267. The molecule has 0 radical (unpaired) electrons. The molecule has 30 heavy (non-hydrogen) atoms. The van der Waals surface area contributed by atoms with E-state index >= 15 is 0 Å². The van der Waals surface area contributed by atoms with E-state index in [1.807, 2.05) is 49.5 Å². The van der Waals surface area contributed by atoms with E-state index in [1.54, 1.807) is 22.9 Å². The molecule has 1 aliphatic rings. The summed E-state index contributed by atoms with van der Waals surface area (Å²) in [6.07, 6.45) is 4.79. The Balaban J connectivity index is 1.47. The topological polar surface area (TPSA) is 40.6 Å². The average Bonchev–Trinajstić information content (AvgIpc) is 2.77. The number of rotatable bonds is 5. The highest BCUT2D eigenvalue weighted by Gasteiger charge is 2.29. The number of amides is 2. The number of benzene rings is 3. The summed E-state index contributed by atoms with van der Waals surface area (Å²) in [6.45, 7) is 2.18. The maximum absolute atomic E-state index is 13.0. The zero-order chi connectivity index (χ0) is 21.1. The quantitative estimate of drug-likeness (QED) is 0.619. The predicted octanol–water partition coefficient (Wildman–Crippen LogP) is 4.80. The number of fused-ring (bicyclic) bond motifs is 2. The number of hydrogen-bond acceptors (Lipinski definition) is 2. The standard InChI is InChI=1S/C26H26N2O2/c1-19(29)28-17-15-22-9-4-6-13-24(22)25(28)18-26(30)27(2)16-14-21-11-7-10-20-8-3-5-12-23(20)21/h3-13,15,17,25H,14,16,18H2,1-2H3. The third kappa shape index (κ3) is 3.99.